The smallest absolute Gasteiger partial charge is 0.259 e. The van der Waals surface area contributed by atoms with E-state index < -0.39 is 0 Å². The van der Waals surface area contributed by atoms with Crippen LogP contribution in [0.25, 0.3) is 22.6 Å². The Morgan fingerprint density at radius 2 is 2.16 bits per heavy atom. The molecule has 2 atom stereocenters. The number of fused-ring (bicyclic) bond motifs is 1. The molecule has 0 aromatic carbocycles. The molecule has 1 N–H and O–H groups in total. The number of hydrogen-bond acceptors (Lipinski definition) is 5. The molecule has 0 radical (unpaired) electrons. The molecule has 1 aliphatic carbocycles. The molecule has 1 saturated carbocycles. The van der Waals surface area contributed by atoms with Crippen LogP contribution in [0.3, 0.4) is 0 Å². The van der Waals surface area contributed by atoms with Crippen LogP contribution in [0.15, 0.2) is 33.4 Å². The Kier molecular flexibility index (Phi) is 4.03. The zero-order valence-corrected chi connectivity index (χ0v) is 14.4. The molecule has 4 rings (SSSR count). The van der Waals surface area contributed by atoms with Gasteiger partial charge in [-0.05, 0) is 43.9 Å². The van der Waals surface area contributed by atoms with Crippen molar-refractivity contribution < 1.29 is 13.7 Å². The Labute approximate surface area is 145 Å². The van der Waals surface area contributed by atoms with E-state index in [1.165, 1.54) is 6.42 Å². The summed E-state index contributed by atoms with van der Waals surface area (Å²) in [6, 6.07) is 5.56. The first-order valence-electron chi connectivity index (χ1n) is 8.75. The Balaban J connectivity index is 1.74. The third-order valence-corrected chi connectivity index (χ3v) is 5.06. The van der Waals surface area contributed by atoms with Gasteiger partial charge in [0.1, 0.15) is 5.69 Å². The van der Waals surface area contributed by atoms with Gasteiger partial charge in [0.15, 0.2) is 5.76 Å². The Morgan fingerprint density at radius 1 is 1.32 bits per heavy atom. The number of hydrogen-bond donors (Lipinski definition) is 1. The topological polar surface area (TPSA) is 81.2 Å². The predicted octanol–water partition coefficient (Wildman–Crippen LogP) is 4.10. The summed E-state index contributed by atoms with van der Waals surface area (Å²) in [4.78, 5) is 17.4. The fourth-order valence-corrected chi connectivity index (χ4v) is 3.60. The second kappa shape index (κ2) is 6.35. The van der Waals surface area contributed by atoms with Crippen LogP contribution in [0.1, 0.15) is 48.7 Å². The second-order valence-electron chi connectivity index (χ2n) is 6.82. The maximum Gasteiger partial charge on any atom is 0.259 e. The van der Waals surface area contributed by atoms with Crippen molar-refractivity contribution >= 4 is 17.0 Å². The van der Waals surface area contributed by atoms with Crippen molar-refractivity contribution in [2.24, 2.45) is 5.92 Å². The van der Waals surface area contributed by atoms with Crippen molar-refractivity contribution in [1.82, 2.24) is 15.5 Å². The van der Waals surface area contributed by atoms with Crippen LogP contribution in [0.2, 0.25) is 0 Å². The number of amides is 1. The normalized spacial score (nSPS) is 20.7. The minimum Gasteiger partial charge on any atom is -0.463 e. The van der Waals surface area contributed by atoms with Crippen LogP contribution in [0, 0.1) is 12.8 Å². The number of carbonyl (C=O) groups excluding carboxylic acids is 1. The van der Waals surface area contributed by atoms with Crippen molar-refractivity contribution in [3.05, 3.63) is 35.7 Å². The molecule has 6 heteroatoms. The molecule has 0 aliphatic heterocycles. The molecule has 3 heterocycles. The predicted molar refractivity (Wildman–Crippen MR) is 93.1 cm³/mol. The van der Waals surface area contributed by atoms with Gasteiger partial charge in [-0.3, -0.25) is 4.79 Å². The summed E-state index contributed by atoms with van der Waals surface area (Å²) >= 11 is 0. The highest BCUT2D eigenvalue weighted by Gasteiger charge is 2.26. The summed E-state index contributed by atoms with van der Waals surface area (Å²) < 4.78 is 10.7. The maximum atomic E-state index is 13.0. The SMILES string of the molecule is Cc1noc2nc(-c3ccco3)cc(C(=O)NC3CCCCC3C)c12. The molecule has 0 bridgehead atoms. The number of rotatable bonds is 3. The van der Waals surface area contributed by atoms with E-state index in [-0.39, 0.29) is 11.9 Å². The fourth-order valence-electron chi connectivity index (χ4n) is 3.60. The molecule has 0 saturated heterocycles. The minimum atomic E-state index is -0.106. The summed E-state index contributed by atoms with van der Waals surface area (Å²) in [5, 5.41) is 7.84. The summed E-state index contributed by atoms with van der Waals surface area (Å²) in [6.07, 6.45) is 6.15. The van der Waals surface area contributed by atoms with E-state index in [0.29, 0.717) is 39.7 Å². The van der Waals surface area contributed by atoms with E-state index in [1.54, 1.807) is 18.4 Å². The summed E-state index contributed by atoms with van der Waals surface area (Å²) in [5.41, 5.74) is 2.12. The molecule has 3 aromatic heterocycles. The third kappa shape index (κ3) is 2.92. The number of nitrogens with one attached hydrogen (secondary N) is 1. The first-order valence-corrected chi connectivity index (χ1v) is 8.75. The molecular formula is C19H21N3O3. The molecule has 25 heavy (non-hydrogen) atoms. The highest BCUT2D eigenvalue weighted by Crippen LogP contribution is 2.28. The molecular weight excluding hydrogens is 318 g/mol. The van der Waals surface area contributed by atoms with Crippen LogP contribution < -0.4 is 5.32 Å². The lowest BCUT2D eigenvalue weighted by molar-refractivity contribution is 0.0912. The number of pyridine rings is 1. The van der Waals surface area contributed by atoms with E-state index in [4.69, 9.17) is 8.94 Å². The molecule has 2 unspecified atom stereocenters. The maximum absolute atomic E-state index is 13.0. The van der Waals surface area contributed by atoms with E-state index in [2.05, 4.69) is 22.4 Å². The van der Waals surface area contributed by atoms with Gasteiger partial charge in [0, 0.05) is 6.04 Å². The van der Waals surface area contributed by atoms with Crippen LogP contribution >= 0.6 is 0 Å². The second-order valence-corrected chi connectivity index (χ2v) is 6.82. The van der Waals surface area contributed by atoms with Gasteiger partial charge in [-0.1, -0.05) is 24.9 Å². The quantitative estimate of drug-likeness (QED) is 0.777. The fraction of sp³-hybridized carbons (Fsp3) is 0.421. The number of carbonyl (C=O) groups is 1. The zero-order valence-electron chi connectivity index (χ0n) is 14.4. The average Bonchev–Trinajstić information content (AvgIpc) is 3.26. The van der Waals surface area contributed by atoms with E-state index in [0.717, 1.165) is 19.3 Å². The van der Waals surface area contributed by atoms with Crippen LogP contribution in [0.4, 0.5) is 0 Å². The first kappa shape index (κ1) is 15.9. The summed E-state index contributed by atoms with van der Waals surface area (Å²) in [7, 11) is 0. The molecule has 6 nitrogen and oxygen atoms in total. The van der Waals surface area contributed by atoms with Crippen molar-refractivity contribution in [3.8, 4) is 11.5 Å². The van der Waals surface area contributed by atoms with Gasteiger partial charge in [-0.25, -0.2) is 4.98 Å². The number of furan rings is 1. The van der Waals surface area contributed by atoms with Gasteiger partial charge in [0.2, 0.25) is 0 Å². The van der Waals surface area contributed by atoms with Gasteiger partial charge < -0.3 is 14.3 Å². The Bertz CT molecular complexity index is 898. The minimum absolute atomic E-state index is 0.106. The van der Waals surface area contributed by atoms with Crippen molar-refractivity contribution in [2.75, 3.05) is 0 Å². The average molecular weight is 339 g/mol. The van der Waals surface area contributed by atoms with Gasteiger partial charge in [0.05, 0.1) is 22.9 Å². The molecule has 1 aliphatic rings. The summed E-state index contributed by atoms with van der Waals surface area (Å²) in [5.74, 6) is 0.976. The summed E-state index contributed by atoms with van der Waals surface area (Å²) in [6.45, 7) is 4.02. The molecule has 1 amide bonds. The van der Waals surface area contributed by atoms with Crippen LogP contribution in [-0.4, -0.2) is 22.1 Å². The van der Waals surface area contributed by atoms with E-state index in [1.807, 2.05) is 13.0 Å². The number of aromatic nitrogens is 2. The standard InChI is InChI=1S/C19H21N3O3/c1-11-6-3-4-7-14(11)20-18(23)13-10-15(16-8-5-9-24-16)21-19-17(13)12(2)22-25-19/h5,8-11,14H,3-4,6-7H2,1-2H3,(H,20,23). The van der Waals surface area contributed by atoms with Gasteiger partial charge >= 0.3 is 0 Å². The molecule has 0 spiro atoms. The van der Waals surface area contributed by atoms with Crippen molar-refractivity contribution in [1.29, 1.82) is 0 Å². The molecule has 3 aromatic rings. The Morgan fingerprint density at radius 3 is 2.92 bits per heavy atom. The van der Waals surface area contributed by atoms with E-state index in [9.17, 15) is 4.79 Å². The number of nitrogens with zero attached hydrogens (tertiary/aromatic N) is 2. The zero-order chi connectivity index (χ0) is 17.4. The lowest BCUT2D eigenvalue weighted by Gasteiger charge is -2.29. The van der Waals surface area contributed by atoms with Gasteiger partial charge in [0.25, 0.3) is 11.6 Å². The monoisotopic (exact) mass is 339 g/mol. The highest BCUT2D eigenvalue weighted by atomic mass is 16.5. The van der Waals surface area contributed by atoms with Crippen LogP contribution in [0.5, 0.6) is 0 Å². The molecule has 130 valence electrons. The lowest BCUT2D eigenvalue weighted by Crippen LogP contribution is -2.41. The van der Waals surface area contributed by atoms with E-state index >= 15 is 0 Å². The van der Waals surface area contributed by atoms with Crippen molar-refractivity contribution in [2.45, 2.75) is 45.6 Å². The van der Waals surface area contributed by atoms with Gasteiger partial charge in [-0.15, -0.1) is 0 Å². The van der Waals surface area contributed by atoms with Gasteiger partial charge in [-0.2, -0.15) is 0 Å². The Hall–Kier alpha value is -2.63. The number of aryl methyl sites for hydroxylation is 1. The van der Waals surface area contributed by atoms with Crippen LogP contribution in [-0.2, 0) is 0 Å². The van der Waals surface area contributed by atoms with Crippen molar-refractivity contribution in [3.63, 3.8) is 0 Å². The lowest BCUT2D eigenvalue weighted by atomic mass is 9.86. The molecule has 1 fully saturated rings. The highest BCUT2D eigenvalue weighted by molar-refractivity contribution is 6.07. The third-order valence-electron chi connectivity index (χ3n) is 5.06. The first-order chi connectivity index (χ1) is 12.1. The largest absolute Gasteiger partial charge is 0.463 e.